The van der Waals surface area contributed by atoms with Gasteiger partial charge in [-0.2, -0.15) is 0 Å². The molecule has 0 aromatic heterocycles. The van der Waals surface area contributed by atoms with Gasteiger partial charge >= 0.3 is 0 Å². The van der Waals surface area contributed by atoms with E-state index in [2.05, 4.69) is 39.1 Å². The van der Waals surface area contributed by atoms with E-state index in [0.29, 0.717) is 6.67 Å². The fourth-order valence-corrected chi connectivity index (χ4v) is 4.74. The molecule has 0 N–H and O–H groups in total. The molecule has 1 atom stereocenters. The lowest BCUT2D eigenvalue weighted by atomic mass is 10.0. The number of benzene rings is 2. The molecule has 0 spiro atoms. The van der Waals surface area contributed by atoms with Crippen molar-refractivity contribution in [2.45, 2.75) is 25.2 Å². The van der Waals surface area contributed by atoms with Crippen molar-refractivity contribution in [1.82, 2.24) is 4.90 Å². The molecule has 31 heavy (non-hydrogen) atoms. The maximum absolute atomic E-state index is 13.3. The maximum Gasteiger partial charge on any atom is 0.241 e. The molecule has 2 fully saturated rings. The van der Waals surface area contributed by atoms with Crippen LogP contribution in [0.5, 0.6) is 0 Å². The summed E-state index contributed by atoms with van der Waals surface area (Å²) < 4.78 is 5.43. The van der Waals surface area contributed by atoms with Crippen molar-refractivity contribution in [3.63, 3.8) is 0 Å². The molecule has 3 aliphatic rings. The Bertz CT molecular complexity index is 931. The average molecular weight is 419 g/mol. The number of para-hydroxylation sites is 1. The van der Waals surface area contributed by atoms with Gasteiger partial charge in [0.2, 0.25) is 5.91 Å². The lowest BCUT2D eigenvalue weighted by Crippen LogP contribution is -2.42. The fraction of sp³-hybridized carbons (Fsp3) is 0.440. The largest absolute Gasteiger partial charge is 0.378 e. The molecule has 0 saturated carbocycles. The lowest BCUT2D eigenvalue weighted by Gasteiger charge is -2.31. The number of carbonyl (C=O) groups excluding carboxylic acids is 1. The Kier molecular flexibility index (Phi) is 6.00. The molecule has 2 aromatic carbocycles. The summed E-state index contributed by atoms with van der Waals surface area (Å²) in [4.78, 5) is 24.6. The summed E-state index contributed by atoms with van der Waals surface area (Å²) in [6.07, 6.45) is 5.55. The zero-order valence-corrected chi connectivity index (χ0v) is 17.9. The van der Waals surface area contributed by atoms with Crippen molar-refractivity contribution >= 4 is 29.2 Å². The molecule has 1 unspecified atom stereocenters. The number of nitrogens with zero attached hydrogens (tertiary/aromatic N) is 4. The normalized spacial score (nSPS) is 22.3. The number of hydrogen-bond donors (Lipinski definition) is 0. The number of amides is 1. The van der Waals surface area contributed by atoms with Crippen LogP contribution < -0.4 is 9.80 Å². The summed E-state index contributed by atoms with van der Waals surface area (Å²) in [5, 5.41) is 0. The summed E-state index contributed by atoms with van der Waals surface area (Å²) in [6, 6.07) is 16.4. The van der Waals surface area contributed by atoms with Crippen molar-refractivity contribution in [3.05, 3.63) is 54.1 Å². The molecule has 1 amide bonds. The van der Waals surface area contributed by atoms with Gasteiger partial charge in [-0.25, -0.2) is 0 Å². The summed E-state index contributed by atoms with van der Waals surface area (Å²) >= 11 is 0. The number of fused-ring (bicyclic) bond motifs is 1. The second kappa shape index (κ2) is 9.20. The Balaban J connectivity index is 1.31. The van der Waals surface area contributed by atoms with Crippen LogP contribution in [0.15, 0.2) is 53.5 Å². The fourth-order valence-electron chi connectivity index (χ4n) is 4.74. The van der Waals surface area contributed by atoms with Gasteiger partial charge in [-0.3, -0.25) is 19.6 Å². The first-order valence-electron chi connectivity index (χ1n) is 11.4. The number of morpholine rings is 1. The topological polar surface area (TPSA) is 48.4 Å². The van der Waals surface area contributed by atoms with E-state index in [1.807, 2.05) is 35.4 Å². The van der Waals surface area contributed by atoms with Crippen molar-refractivity contribution < 1.29 is 9.53 Å². The maximum atomic E-state index is 13.3. The Morgan fingerprint density at radius 1 is 0.935 bits per heavy atom. The molecule has 6 nitrogen and oxygen atoms in total. The lowest BCUT2D eigenvalue weighted by molar-refractivity contribution is -0.118. The van der Waals surface area contributed by atoms with Gasteiger partial charge < -0.3 is 9.64 Å². The summed E-state index contributed by atoms with van der Waals surface area (Å²) in [6.45, 7) is 6.20. The van der Waals surface area contributed by atoms with E-state index in [-0.39, 0.29) is 11.8 Å². The molecule has 5 rings (SSSR count). The van der Waals surface area contributed by atoms with Crippen LogP contribution in [0, 0.1) is 0 Å². The van der Waals surface area contributed by atoms with Crippen LogP contribution in [0.2, 0.25) is 0 Å². The van der Waals surface area contributed by atoms with Crippen LogP contribution in [0.3, 0.4) is 0 Å². The number of aliphatic imine (C=N–C) groups is 1. The second-order valence-electron chi connectivity index (χ2n) is 8.52. The molecule has 162 valence electrons. The Hall–Kier alpha value is -2.70. The number of hydrogen-bond acceptors (Lipinski definition) is 5. The van der Waals surface area contributed by atoms with Crippen LogP contribution >= 0.6 is 0 Å². The van der Waals surface area contributed by atoms with Gasteiger partial charge in [0.25, 0.3) is 0 Å². The summed E-state index contributed by atoms with van der Waals surface area (Å²) in [5.41, 5.74) is 4.14. The van der Waals surface area contributed by atoms with Crippen molar-refractivity contribution in [2.24, 2.45) is 4.99 Å². The van der Waals surface area contributed by atoms with Crippen LogP contribution in [0.4, 0.5) is 17.1 Å². The number of piperidine rings is 1. The van der Waals surface area contributed by atoms with E-state index in [0.717, 1.165) is 56.3 Å². The highest BCUT2D eigenvalue weighted by atomic mass is 16.5. The molecule has 0 aliphatic carbocycles. The number of rotatable bonds is 5. The Labute approximate surface area is 184 Å². The van der Waals surface area contributed by atoms with Gasteiger partial charge in [0, 0.05) is 30.7 Å². The predicted molar refractivity (Wildman–Crippen MR) is 125 cm³/mol. The first kappa shape index (κ1) is 20.2. The minimum atomic E-state index is -0.320. The summed E-state index contributed by atoms with van der Waals surface area (Å²) in [5.74, 6) is -0.194. The highest BCUT2D eigenvalue weighted by molar-refractivity contribution is 6.14. The van der Waals surface area contributed by atoms with Crippen LogP contribution in [0.1, 0.15) is 30.7 Å². The van der Waals surface area contributed by atoms with Gasteiger partial charge in [0.15, 0.2) is 0 Å². The van der Waals surface area contributed by atoms with E-state index in [9.17, 15) is 4.79 Å². The highest BCUT2D eigenvalue weighted by Gasteiger charge is 2.36. The monoisotopic (exact) mass is 418 g/mol. The van der Waals surface area contributed by atoms with Crippen LogP contribution in [-0.2, 0) is 9.53 Å². The smallest absolute Gasteiger partial charge is 0.241 e. The quantitative estimate of drug-likeness (QED) is 0.693. The van der Waals surface area contributed by atoms with E-state index < -0.39 is 0 Å². The van der Waals surface area contributed by atoms with Crippen molar-refractivity contribution in [3.8, 4) is 0 Å². The molecule has 3 heterocycles. The SMILES string of the molecule is O=C1C(C=Nc2ccc(N3CCOCC3)cc2)c2ccccc2N1CN1CCCCC1. The van der Waals surface area contributed by atoms with E-state index in [4.69, 9.17) is 4.74 Å². The third-order valence-electron chi connectivity index (χ3n) is 6.48. The minimum Gasteiger partial charge on any atom is -0.378 e. The molecule has 0 radical (unpaired) electrons. The second-order valence-corrected chi connectivity index (χ2v) is 8.52. The standard InChI is InChI=1S/C25H30N4O2/c30-25-23(18-26-20-8-10-21(11-9-20)28-14-16-31-17-15-28)22-6-2-3-7-24(22)29(25)19-27-12-4-1-5-13-27/h2-3,6-11,18,23H,1,4-5,12-17,19H2. The number of likely N-dealkylation sites (tertiary alicyclic amines) is 1. The molecular formula is C25H30N4O2. The number of anilines is 2. The van der Waals surface area contributed by atoms with E-state index >= 15 is 0 Å². The van der Waals surface area contributed by atoms with Crippen molar-refractivity contribution in [1.29, 1.82) is 0 Å². The van der Waals surface area contributed by atoms with Gasteiger partial charge in [-0.05, 0) is 61.8 Å². The highest BCUT2D eigenvalue weighted by Crippen LogP contribution is 2.37. The van der Waals surface area contributed by atoms with Gasteiger partial charge in [-0.1, -0.05) is 24.6 Å². The zero-order valence-electron chi connectivity index (χ0n) is 17.9. The Morgan fingerprint density at radius 3 is 2.45 bits per heavy atom. The van der Waals surface area contributed by atoms with Gasteiger partial charge in [0.1, 0.15) is 5.92 Å². The average Bonchev–Trinajstić information content (AvgIpc) is 3.10. The zero-order chi connectivity index (χ0) is 21.0. The van der Waals surface area contributed by atoms with Crippen LogP contribution in [-0.4, -0.2) is 63.1 Å². The van der Waals surface area contributed by atoms with Crippen LogP contribution in [0.25, 0.3) is 0 Å². The third kappa shape index (κ3) is 4.36. The van der Waals surface area contributed by atoms with Crippen molar-refractivity contribution in [2.75, 3.05) is 55.9 Å². The third-order valence-corrected chi connectivity index (χ3v) is 6.48. The first-order chi connectivity index (χ1) is 15.3. The molecule has 0 bridgehead atoms. The molecule has 3 aliphatic heterocycles. The Morgan fingerprint density at radius 2 is 1.68 bits per heavy atom. The first-order valence-corrected chi connectivity index (χ1v) is 11.4. The minimum absolute atomic E-state index is 0.125. The van der Waals surface area contributed by atoms with Gasteiger partial charge in [0.05, 0.1) is 25.6 Å². The molecule has 2 aromatic rings. The number of carbonyl (C=O) groups is 1. The van der Waals surface area contributed by atoms with Gasteiger partial charge in [-0.15, -0.1) is 0 Å². The predicted octanol–water partition coefficient (Wildman–Crippen LogP) is 3.80. The van der Waals surface area contributed by atoms with E-state index in [1.54, 1.807) is 0 Å². The number of ether oxygens (including phenoxy) is 1. The van der Waals surface area contributed by atoms with E-state index in [1.165, 1.54) is 24.9 Å². The molecule has 2 saturated heterocycles. The molecule has 6 heteroatoms. The molecular weight excluding hydrogens is 388 g/mol. The summed E-state index contributed by atoms with van der Waals surface area (Å²) in [7, 11) is 0.